The third-order valence-corrected chi connectivity index (χ3v) is 4.91. The summed E-state index contributed by atoms with van der Waals surface area (Å²) < 4.78 is 20.9. The summed E-state index contributed by atoms with van der Waals surface area (Å²) in [4.78, 5) is 47.6. The number of ether oxygens (including phenoxy) is 4. The summed E-state index contributed by atoms with van der Waals surface area (Å²) in [7, 11) is 0. The summed E-state index contributed by atoms with van der Waals surface area (Å²) in [5.41, 5.74) is -1.79. The van der Waals surface area contributed by atoms with E-state index in [1.807, 2.05) is 0 Å². The topological polar surface area (TPSA) is 137 Å². The molecule has 0 heterocycles. The van der Waals surface area contributed by atoms with Gasteiger partial charge in [0.15, 0.2) is 11.5 Å². The third kappa shape index (κ3) is 8.05. The molecule has 0 amide bonds. The van der Waals surface area contributed by atoms with Crippen molar-refractivity contribution in [3.8, 4) is 11.5 Å². The van der Waals surface area contributed by atoms with Crippen molar-refractivity contribution in [2.75, 3.05) is 0 Å². The normalized spacial score (nSPS) is 15.9. The van der Waals surface area contributed by atoms with Gasteiger partial charge in [-0.1, -0.05) is 12.5 Å². The van der Waals surface area contributed by atoms with Crippen LogP contribution in [0, 0.1) is 0 Å². The number of carboxylic acids is 1. The Hall–Kier alpha value is -3.14. The van der Waals surface area contributed by atoms with Gasteiger partial charge in [0.1, 0.15) is 6.10 Å². The minimum Gasteiger partial charge on any atom is -0.477 e. The van der Waals surface area contributed by atoms with Gasteiger partial charge in [0.25, 0.3) is 5.72 Å². The molecular formula is C23H31NO9. The monoisotopic (exact) mass is 465 g/mol. The van der Waals surface area contributed by atoms with Crippen molar-refractivity contribution in [2.24, 2.45) is 0 Å². The van der Waals surface area contributed by atoms with E-state index in [2.05, 4.69) is 5.32 Å². The lowest BCUT2D eigenvalue weighted by atomic mass is 9.98. The molecule has 0 saturated heterocycles. The second kappa shape index (κ2) is 11.6. The van der Waals surface area contributed by atoms with Gasteiger partial charge in [0.2, 0.25) is 0 Å². The molecule has 1 aromatic rings. The lowest BCUT2D eigenvalue weighted by Crippen LogP contribution is -2.59. The van der Waals surface area contributed by atoms with Crippen LogP contribution in [0.2, 0.25) is 0 Å². The first-order valence-electron chi connectivity index (χ1n) is 10.9. The lowest BCUT2D eigenvalue weighted by molar-refractivity contribution is -0.168. The average molecular weight is 465 g/mol. The van der Waals surface area contributed by atoms with E-state index in [4.69, 9.17) is 18.9 Å². The van der Waals surface area contributed by atoms with Crippen LogP contribution in [0.25, 0.3) is 0 Å². The van der Waals surface area contributed by atoms with Crippen molar-refractivity contribution in [3.63, 3.8) is 0 Å². The van der Waals surface area contributed by atoms with Crippen LogP contribution in [-0.2, 0) is 30.3 Å². The second-order valence-corrected chi connectivity index (χ2v) is 8.31. The van der Waals surface area contributed by atoms with Crippen molar-refractivity contribution in [2.45, 2.75) is 84.1 Å². The van der Waals surface area contributed by atoms with Gasteiger partial charge in [-0.05, 0) is 57.2 Å². The lowest BCUT2D eigenvalue weighted by Gasteiger charge is -2.32. The molecule has 1 atom stereocenters. The number of esters is 2. The molecule has 1 aliphatic rings. The molecule has 10 nitrogen and oxygen atoms in total. The Morgan fingerprint density at radius 3 is 2.18 bits per heavy atom. The van der Waals surface area contributed by atoms with Crippen molar-refractivity contribution < 1.29 is 43.2 Å². The molecule has 2 rings (SSSR count). The first-order valence-corrected chi connectivity index (χ1v) is 10.9. The van der Waals surface area contributed by atoms with Crippen molar-refractivity contribution in [1.29, 1.82) is 0 Å². The summed E-state index contributed by atoms with van der Waals surface area (Å²) in [6.07, 6.45) is 2.64. The van der Waals surface area contributed by atoms with E-state index in [0.717, 1.165) is 19.3 Å². The van der Waals surface area contributed by atoms with Gasteiger partial charge < -0.3 is 24.1 Å². The first kappa shape index (κ1) is 26.1. The molecule has 0 spiro atoms. The highest BCUT2D eigenvalue weighted by Gasteiger charge is 2.44. The van der Waals surface area contributed by atoms with Crippen LogP contribution in [0.1, 0.15) is 65.4 Å². The van der Waals surface area contributed by atoms with Crippen LogP contribution in [0.5, 0.6) is 11.5 Å². The van der Waals surface area contributed by atoms with Crippen LogP contribution in [0.15, 0.2) is 18.2 Å². The van der Waals surface area contributed by atoms with Crippen LogP contribution in [-0.4, -0.2) is 47.0 Å². The zero-order chi connectivity index (χ0) is 24.6. The molecule has 0 unspecified atom stereocenters. The van der Waals surface area contributed by atoms with Crippen molar-refractivity contribution in [3.05, 3.63) is 23.8 Å². The van der Waals surface area contributed by atoms with E-state index in [9.17, 15) is 24.3 Å². The highest BCUT2D eigenvalue weighted by Crippen LogP contribution is 2.31. The van der Waals surface area contributed by atoms with E-state index in [-0.39, 0.29) is 30.1 Å². The summed E-state index contributed by atoms with van der Waals surface area (Å²) in [6.45, 7) is 5.79. The zero-order valence-corrected chi connectivity index (χ0v) is 19.3. The van der Waals surface area contributed by atoms with E-state index in [0.29, 0.717) is 18.4 Å². The fourth-order valence-electron chi connectivity index (χ4n) is 3.67. The Morgan fingerprint density at radius 1 is 1.03 bits per heavy atom. The Balaban J connectivity index is 2.32. The van der Waals surface area contributed by atoms with Crippen LogP contribution in [0.4, 0.5) is 4.79 Å². The SMILES string of the molecule is CC(=O)Oc1ccc(C[C@](NC(C)C)(OC(=O)OC2CCCCC2)C(=O)O)cc1OC(C)=O. The van der Waals surface area contributed by atoms with Gasteiger partial charge >= 0.3 is 24.1 Å². The van der Waals surface area contributed by atoms with Crippen molar-refractivity contribution >= 4 is 24.1 Å². The molecule has 0 radical (unpaired) electrons. The fourth-order valence-corrected chi connectivity index (χ4v) is 3.67. The van der Waals surface area contributed by atoms with E-state index >= 15 is 0 Å². The first-order chi connectivity index (χ1) is 15.5. The molecule has 2 N–H and O–H groups in total. The highest BCUT2D eigenvalue weighted by atomic mass is 16.7. The fraction of sp³-hybridized carbons (Fsp3) is 0.565. The van der Waals surface area contributed by atoms with Gasteiger partial charge in [-0.2, -0.15) is 0 Å². The van der Waals surface area contributed by atoms with Crippen LogP contribution < -0.4 is 14.8 Å². The number of carboxylic acid groups (broad SMARTS) is 1. The Morgan fingerprint density at radius 2 is 1.64 bits per heavy atom. The number of carbonyl (C=O) groups is 4. The predicted octanol–water partition coefficient (Wildman–Crippen LogP) is 3.34. The second-order valence-electron chi connectivity index (χ2n) is 8.31. The average Bonchev–Trinajstić information content (AvgIpc) is 2.69. The summed E-state index contributed by atoms with van der Waals surface area (Å²) in [5.74, 6) is -2.76. The number of hydrogen-bond acceptors (Lipinski definition) is 9. The van der Waals surface area contributed by atoms with Gasteiger partial charge in [-0.15, -0.1) is 0 Å². The quantitative estimate of drug-likeness (QED) is 0.317. The maximum absolute atomic E-state index is 12.5. The number of benzene rings is 1. The van der Waals surface area contributed by atoms with Crippen molar-refractivity contribution in [1.82, 2.24) is 5.32 Å². The molecule has 1 saturated carbocycles. The molecule has 10 heteroatoms. The summed E-state index contributed by atoms with van der Waals surface area (Å²) in [5, 5.41) is 12.8. The molecule has 0 aromatic heterocycles. The minimum absolute atomic E-state index is 0.00294. The molecule has 33 heavy (non-hydrogen) atoms. The van der Waals surface area contributed by atoms with E-state index < -0.39 is 29.8 Å². The third-order valence-electron chi connectivity index (χ3n) is 4.91. The van der Waals surface area contributed by atoms with Crippen LogP contribution in [0.3, 0.4) is 0 Å². The van der Waals surface area contributed by atoms with Gasteiger partial charge in [0, 0.05) is 26.3 Å². The smallest absolute Gasteiger partial charge is 0.477 e. The summed E-state index contributed by atoms with van der Waals surface area (Å²) in [6, 6.07) is 3.85. The predicted molar refractivity (Wildman–Crippen MR) is 116 cm³/mol. The number of aliphatic carboxylic acids is 1. The summed E-state index contributed by atoms with van der Waals surface area (Å²) >= 11 is 0. The van der Waals surface area contributed by atoms with Gasteiger partial charge in [-0.25, -0.2) is 9.59 Å². The maximum Gasteiger partial charge on any atom is 0.510 e. The number of nitrogens with one attached hydrogen (secondary N) is 1. The zero-order valence-electron chi connectivity index (χ0n) is 19.3. The molecule has 1 aromatic carbocycles. The maximum atomic E-state index is 12.5. The molecular weight excluding hydrogens is 434 g/mol. The highest BCUT2D eigenvalue weighted by molar-refractivity contribution is 5.80. The van der Waals surface area contributed by atoms with Gasteiger partial charge in [-0.3, -0.25) is 14.9 Å². The standard InChI is InChI=1S/C23H31NO9/c1-14(2)24-23(21(27)28,33-22(29)32-18-8-6-5-7-9-18)13-17-10-11-19(30-15(3)25)20(12-17)31-16(4)26/h10-12,14,18,24H,5-9,13H2,1-4H3,(H,27,28)/t23-/m0/s1. The number of carbonyl (C=O) groups excluding carboxylic acids is 3. The van der Waals surface area contributed by atoms with Gasteiger partial charge in [0.05, 0.1) is 0 Å². The van der Waals surface area contributed by atoms with E-state index in [1.165, 1.54) is 32.0 Å². The Bertz CT molecular complexity index is 877. The molecule has 0 aliphatic heterocycles. The Labute approximate surface area is 192 Å². The molecule has 1 fully saturated rings. The Kier molecular flexibility index (Phi) is 9.22. The number of rotatable bonds is 9. The number of hydrogen-bond donors (Lipinski definition) is 2. The van der Waals surface area contributed by atoms with Crippen LogP contribution >= 0.6 is 0 Å². The largest absolute Gasteiger partial charge is 0.510 e. The molecule has 182 valence electrons. The minimum atomic E-state index is -2.14. The molecule has 0 bridgehead atoms. The van der Waals surface area contributed by atoms with E-state index in [1.54, 1.807) is 13.8 Å². The molecule has 1 aliphatic carbocycles.